The Bertz CT molecular complexity index is 977. The van der Waals surface area contributed by atoms with E-state index < -0.39 is 34.0 Å². The zero-order valence-corrected chi connectivity index (χ0v) is 16.8. The van der Waals surface area contributed by atoms with E-state index in [-0.39, 0.29) is 17.9 Å². The zero-order valence-electron chi connectivity index (χ0n) is 16.0. The molecule has 0 aliphatic carbocycles. The minimum Gasteiger partial charge on any atom is -0.480 e. The summed E-state index contributed by atoms with van der Waals surface area (Å²) in [4.78, 5) is 28.5. The summed E-state index contributed by atoms with van der Waals surface area (Å²) >= 11 is 0. The zero-order chi connectivity index (χ0) is 21.0. The van der Waals surface area contributed by atoms with Gasteiger partial charge in [0.15, 0.2) is 0 Å². The van der Waals surface area contributed by atoms with E-state index in [2.05, 4.69) is 10.3 Å². The predicted octanol–water partition coefficient (Wildman–Crippen LogP) is 1.36. The van der Waals surface area contributed by atoms with Crippen LogP contribution in [0.15, 0.2) is 53.7 Å². The Balaban J connectivity index is 1.76. The fourth-order valence-electron chi connectivity index (χ4n) is 3.36. The lowest BCUT2D eigenvalue weighted by Crippen LogP contribution is -2.51. The number of sulfonamides is 1. The number of aliphatic carboxylic acids is 1. The van der Waals surface area contributed by atoms with Crippen molar-refractivity contribution in [2.24, 2.45) is 0 Å². The summed E-state index contributed by atoms with van der Waals surface area (Å²) in [5.74, 6) is -1.79. The Morgan fingerprint density at radius 3 is 2.62 bits per heavy atom. The van der Waals surface area contributed by atoms with Gasteiger partial charge in [-0.15, -0.1) is 0 Å². The van der Waals surface area contributed by atoms with Crippen LogP contribution in [-0.2, 0) is 26.0 Å². The van der Waals surface area contributed by atoms with E-state index in [1.54, 1.807) is 30.5 Å². The van der Waals surface area contributed by atoms with Crippen LogP contribution in [0.1, 0.15) is 24.0 Å². The summed E-state index contributed by atoms with van der Waals surface area (Å²) in [7, 11) is -3.85. The van der Waals surface area contributed by atoms with Gasteiger partial charge in [0.2, 0.25) is 15.9 Å². The molecule has 1 aliphatic heterocycles. The van der Waals surface area contributed by atoms with Gasteiger partial charge < -0.3 is 10.4 Å². The Morgan fingerprint density at radius 2 is 2.00 bits per heavy atom. The number of hydrogen-bond acceptors (Lipinski definition) is 5. The van der Waals surface area contributed by atoms with E-state index in [9.17, 15) is 23.1 Å². The van der Waals surface area contributed by atoms with Gasteiger partial charge in [0.05, 0.1) is 4.90 Å². The lowest BCUT2D eigenvalue weighted by molar-refractivity contribution is -0.142. The summed E-state index contributed by atoms with van der Waals surface area (Å²) < 4.78 is 27.1. The van der Waals surface area contributed by atoms with E-state index in [0.717, 1.165) is 9.87 Å². The van der Waals surface area contributed by atoms with Crippen molar-refractivity contribution in [3.05, 3.63) is 59.9 Å². The summed E-state index contributed by atoms with van der Waals surface area (Å²) in [6.07, 6.45) is 4.04. The largest absolute Gasteiger partial charge is 0.480 e. The number of carboxylic acid groups (broad SMARTS) is 1. The highest BCUT2D eigenvalue weighted by Gasteiger charge is 2.40. The predicted molar refractivity (Wildman–Crippen MR) is 106 cm³/mol. The molecule has 0 spiro atoms. The van der Waals surface area contributed by atoms with Crippen molar-refractivity contribution in [1.29, 1.82) is 0 Å². The lowest BCUT2D eigenvalue weighted by atomic mass is 10.1. The molecule has 0 unspecified atom stereocenters. The quantitative estimate of drug-likeness (QED) is 0.703. The first-order valence-corrected chi connectivity index (χ1v) is 10.7. The third-order valence-corrected chi connectivity index (χ3v) is 6.83. The summed E-state index contributed by atoms with van der Waals surface area (Å²) in [6, 6.07) is 7.73. The van der Waals surface area contributed by atoms with Crippen LogP contribution >= 0.6 is 0 Å². The number of hydrogen-bond donors (Lipinski definition) is 2. The van der Waals surface area contributed by atoms with E-state index in [0.29, 0.717) is 18.4 Å². The molecule has 154 valence electrons. The molecule has 1 aromatic heterocycles. The van der Waals surface area contributed by atoms with Crippen LogP contribution in [0.3, 0.4) is 0 Å². The third-order valence-electron chi connectivity index (χ3n) is 4.91. The molecule has 1 amide bonds. The summed E-state index contributed by atoms with van der Waals surface area (Å²) in [5.41, 5.74) is 1.59. The maximum absolute atomic E-state index is 13.0. The number of nitrogens with zero attached hydrogens (tertiary/aromatic N) is 2. The molecule has 2 heterocycles. The molecule has 1 fully saturated rings. The Kier molecular flexibility index (Phi) is 6.29. The highest BCUT2D eigenvalue weighted by atomic mass is 32.2. The third kappa shape index (κ3) is 4.80. The molecule has 29 heavy (non-hydrogen) atoms. The normalized spacial score (nSPS) is 18.3. The topological polar surface area (TPSA) is 117 Å². The van der Waals surface area contributed by atoms with Gasteiger partial charge >= 0.3 is 5.97 Å². The van der Waals surface area contributed by atoms with Crippen LogP contribution in [0.5, 0.6) is 0 Å². The minimum atomic E-state index is -3.85. The molecule has 0 saturated carbocycles. The second kappa shape index (κ2) is 8.71. The van der Waals surface area contributed by atoms with Crippen molar-refractivity contribution < 1.29 is 23.1 Å². The first kappa shape index (κ1) is 20.9. The van der Waals surface area contributed by atoms with Gasteiger partial charge in [0.25, 0.3) is 0 Å². The van der Waals surface area contributed by atoms with Gasteiger partial charge in [-0.2, -0.15) is 4.31 Å². The van der Waals surface area contributed by atoms with E-state index >= 15 is 0 Å². The van der Waals surface area contributed by atoms with E-state index in [1.807, 2.05) is 6.92 Å². The number of carbonyl (C=O) groups is 2. The standard InChI is InChI=1S/C20H23N3O5S/c1-14-6-8-16(9-7-14)29(27,28)23-11-3-5-18(23)19(24)22-17(20(25)26)12-15-4-2-10-21-13-15/h2,4,6-10,13,17-18H,3,5,11-12H2,1H3,(H,22,24)(H,25,26)/t17-,18-/m0/s1. The van der Waals surface area contributed by atoms with Crippen LogP contribution in [0.4, 0.5) is 0 Å². The SMILES string of the molecule is Cc1ccc(S(=O)(=O)N2CCC[C@H]2C(=O)N[C@@H](Cc2cccnc2)C(=O)O)cc1. The molecule has 1 aromatic carbocycles. The van der Waals surface area contributed by atoms with Crippen LogP contribution in [0.2, 0.25) is 0 Å². The fourth-order valence-corrected chi connectivity index (χ4v) is 5.01. The number of benzene rings is 1. The summed E-state index contributed by atoms with van der Waals surface area (Å²) in [5, 5.41) is 12.0. The number of carbonyl (C=O) groups excluding carboxylic acids is 1. The van der Waals surface area contributed by atoms with E-state index in [1.165, 1.54) is 18.3 Å². The molecule has 8 nitrogen and oxygen atoms in total. The van der Waals surface area contributed by atoms with Crippen LogP contribution < -0.4 is 5.32 Å². The van der Waals surface area contributed by atoms with Crippen molar-refractivity contribution in [3.8, 4) is 0 Å². The van der Waals surface area contributed by atoms with Crippen molar-refractivity contribution in [2.75, 3.05) is 6.54 Å². The molecular formula is C20H23N3O5S. The van der Waals surface area contributed by atoms with Crippen molar-refractivity contribution in [1.82, 2.24) is 14.6 Å². The number of aromatic nitrogens is 1. The molecule has 2 N–H and O–H groups in total. The van der Waals surface area contributed by atoms with Gasteiger partial charge in [-0.25, -0.2) is 13.2 Å². The fraction of sp³-hybridized carbons (Fsp3) is 0.350. The second-order valence-electron chi connectivity index (χ2n) is 7.05. The lowest BCUT2D eigenvalue weighted by Gasteiger charge is -2.25. The van der Waals surface area contributed by atoms with Gasteiger partial charge in [-0.3, -0.25) is 9.78 Å². The highest BCUT2D eigenvalue weighted by molar-refractivity contribution is 7.89. The molecule has 1 aliphatic rings. The maximum Gasteiger partial charge on any atom is 0.326 e. The average molecular weight is 417 g/mol. The van der Waals surface area contributed by atoms with Crippen molar-refractivity contribution >= 4 is 21.9 Å². The molecule has 1 saturated heterocycles. The van der Waals surface area contributed by atoms with Crippen LogP contribution in [-0.4, -0.2) is 53.3 Å². The number of carboxylic acids is 1. The number of pyridine rings is 1. The Morgan fingerprint density at radius 1 is 1.28 bits per heavy atom. The monoisotopic (exact) mass is 417 g/mol. The Labute approximate surface area is 169 Å². The average Bonchev–Trinajstić information content (AvgIpc) is 3.19. The second-order valence-corrected chi connectivity index (χ2v) is 8.94. The number of rotatable bonds is 7. The van der Waals surface area contributed by atoms with Gasteiger partial charge in [0.1, 0.15) is 12.1 Å². The van der Waals surface area contributed by atoms with Crippen LogP contribution in [0, 0.1) is 6.92 Å². The smallest absolute Gasteiger partial charge is 0.326 e. The highest BCUT2D eigenvalue weighted by Crippen LogP contribution is 2.26. The number of amides is 1. The van der Waals surface area contributed by atoms with Crippen molar-refractivity contribution in [3.63, 3.8) is 0 Å². The van der Waals surface area contributed by atoms with Crippen molar-refractivity contribution in [2.45, 2.75) is 43.2 Å². The van der Waals surface area contributed by atoms with Gasteiger partial charge in [0, 0.05) is 25.4 Å². The van der Waals surface area contributed by atoms with Gasteiger partial charge in [-0.05, 0) is 43.5 Å². The molecule has 0 radical (unpaired) electrons. The first-order chi connectivity index (χ1) is 13.8. The van der Waals surface area contributed by atoms with E-state index in [4.69, 9.17) is 0 Å². The molecule has 2 aromatic rings. The number of aryl methyl sites for hydroxylation is 1. The molecule has 3 rings (SSSR count). The summed E-state index contributed by atoms with van der Waals surface area (Å²) in [6.45, 7) is 2.07. The maximum atomic E-state index is 13.0. The van der Waals surface area contributed by atoms with Gasteiger partial charge in [-0.1, -0.05) is 23.8 Å². The molecule has 2 atom stereocenters. The van der Waals surface area contributed by atoms with Crippen LogP contribution in [0.25, 0.3) is 0 Å². The molecular weight excluding hydrogens is 394 g/mol. The number of nitrogens with one attached hydrogen (secondary N) is 1. The Hall–Kier alpha value is -2.78. The molecule has 9 heteroatoms. The molecule has 0 bridgehead atoms. The minimum absolute atomic E-state index is 0.0619. The first-order valence-electron chi connectivity index (χ1n) is 9.29.